The van der Waals surface area contributed by atoms with Gasteiger partial charge >= 0.3 is 0 Å². The normalized spacial score (nSPS) is 13.8. The number of ether oxygens (including phenoxy) is 1. The number of carbonyl (C=O) groups excluding carboxylic acids is 2. The fourth-order valence-electron chi connectivity index (χ4n) is 1.69. The molecule has 6 heteroatoms. The maximum Gasteiger partial charge on any atom is 0.265 e. The van der Waals surface area contributed by atoms with Gasteiger partial charge in [0.25, 0.3) is 5.91 Å². The Bertz CT molecular complexity index is 524. The van der Waals surface area contributed by atoms with Gasteiger partial charge in [-0.05, 0) is 6.92 Å². The number of aliphatic imine (C=N–C) groups is 1. The summed E-state index contributed by atoms with van der Waals surface area (Å²) in [6, 6.07) is 2.41. The van der Waals surface area contributed by atoms with Crippen molar-refractivity contribution in [1.29, 1.82) is 0 Å². The number of nitrogens with zero attached hydrogens (tertiary/aromatic N) is 2. The highest BCUT2D eigenvalue weighted by Crippen LogP contribution is 2.37. The first kappa shape index (κ1) is 11.3. The predicted molar refractivity (Wildman–Crippen MR) is 57.7 cm³/mol. The zero-order chi connectivity index (χ0) is 12.4. The van der Waals surface area contributed by atoms with Crippen LogP contribution in [0.1, 0.15) is 6.92 Å². The molecule has 0 fully saturated rings. The van der Waals surface area contributed by atoms with Crippen LogP contribution < -0.4 is 9.64 Å². The minimum absolute atomic E-state index is 0.100. The summed E-state index contributed by atoms with van der Waals surface area (Å²) in [4.78, 5) is 26.2. The monoisotopic (exact) mass is 236 g/mol. The van der Waals surface area contributed by atoms with Crippen LogP contribution in [0.4, 0.5) is 15.8 Å². The Kier molecular flexibility index (Phi) is 2.89. The summed E-state index contributed by atoms with van der Waals surface area (Å²) >= 11 is 0. The molecule has 0 atom stereocenters. The van der Waals surface area contributed by atoms with Crippen LogP contribution in [0.3, 0.4) is 0 Å². The van der Waals surface area contributed by atoms with E-state index in [1.54, 1.807) is 6.92 Å². The molecule has 5 nitrogen and oxygen atoms in total. The van der Waals surface area contributed by atoms with Gasteiger partial charge in [0.1, 0.15) is 11.4 Å². The molecule has 0 unspecified atom stereocenters. The van der Waals surface area contributed by atoms with E-state index >= 15 is 0 Å². The number of benzene rings is 1. The van der Waals surface area contributed by atoms with Crippen molar-refractivity contribution in [2.24, 2.45) is 4.99 Å². The first-order chi connectivity index (χ1) is 8.17. The first-order valence-corrected chi connectivity index (χ1v) is 5.02. The van der Waals surface area contributed by atoms with Gasteiger partial charge in [-0.25, -0.2) is 9.18 Å². The summed E-state index contributed by atoms with van der Waals surface area (Å²) in [5, 5.41) is 0. The number of hydrogen-bond acceptors (Lipinski definition) is 4. The Morgan fingerprint density at radius 1 is 1.59 bits per heavy atom. The summed E-state index contributed by atoms with van der Waals surface area (Å²) < 4.78 is 18.7. The lowest BCUT2D eigenvalue weighted by molar-refractivity contribution is -0.121. The van der Waals surface area contributed by atoms with Crippen molar-refractivity contribution >= 4 is 23.4 Å². The summed E-state index contributed by atoms with van der Waals surface area (Å²) in [5.74, 6) is -0.586. The van der Waals surface area contributed by atoms with Gasteiger partial charge < -0.3 is 9.64 Å². The van der Waals surface area contributed by atoms with Gasteiger partial charge in [-0.3, -0.25) is 4.79 Å². The van der Waals surface area contributed by atoms with Gasteiger partial charge in [-0.15, -0.1) is 0 Å². The van der Waals surface area contributed by atoms with E-state index in [9.17, 15) is 14.0 Å². The van der Waals surface area contributed by atoms with Crippen LogP contribution in [0.5, 0.6) is 5.75 Å². The molecule has 0 saturated carbocycles. The van der Waals surface area contributed by atoms with Gasteiger partial charge in [-0.1, -0.05) is 0 Å². The van der Waals surface area contributed by atoms with Crippen LogP contribution in [-0.2, 0) is 9.59 Å². The van der Waals surface area contributed by atoms with E-state index < -0.39 is 5.82 Å². The molecular formula is C11H9FN2O3. The molecular weight excluding hydrogens is 227 g/mol. The van der Waals surface area contributed by atoms with Crippen molar-refractivity contribution in [2.75, 3.05) is 18.1 Å². The molecule has 0 N–H and O–H groups in total. The van der Waals surface area contributed by atoms with Crippen LogP contribution in [0.15, 0.2) is 17.1 Å². The molecule has 0 bridgehead atoms. The molecule has 88 valence electrons. The molecule has 1 heterocycles. The SMILES string of the molecule is CCN1C(=O)COc2cc(N=C=O)c(F)cc21. The second-order valence-corrected chi connectivity index (χ2v) is 3.40. The van der Waals surface area contributed by atoms with E-state index in [4.69, 9.17) is 4.74 Å². The van der Waals surface area contributed by atoms with E-state index in [0.29, 0.717) is 18.0 Å². The number of rotatable bonds is 2. The number of amides is 1. The van der Waals surface area contributed by atoms with Gasteiger partial charge in [0, 0.05) is 18.7 Å². The number of halogens is 1. The second-order valence-electron chi connectivity index (χ2n) is 3.40. The highest BCUT2D eigenvalue weighted by atomic mass is 19.1. The third kappa shape index (κ3) is 1.90. The van der Waals surface area contributed by atoms with Crippen molar-refractivity contribution in [3.8, 4) is 5.75 Å². The fraction of sp³-hybridized carbons (Fsp3) is 0.273. The summed E-state index contributed by atoms with van der Waals surface area (Å²) in [7, 11) is 0. The number of anilines is 1. The fourth-order valence-corrected chi connectivity index (χ4v) is 1.69. The van der Waals surface area contributed by atoms with Gasteiger partial charge in [0.05, 0.1) is 5.69 Å². The lowest BCUT2D eigenvalue weighted by atomic mass is 10.2. The van der Waals surface area contributed by atoms with Crippen LogP contribution in [0.25, 0.3) is 0 Å². The lowest BCUT2D eigenvalue weighted by Crippen LogP contribution is -2.38. The smallest absolute Gasteiger partial charge is 0.265 e. The largest absolute Gasteiger partial charge is 0.481 e. The quantitative estimate of drug-likeness (QED) is 0.578. The van der Waals surface area contributed by atoms with Gasteiger partial charge in [0.2, 0.25) is 6.08 Å². The number of hydrogen-bond donors (Lipinski definition) is 0. The Morgan fingerprint density at radius 3 is 3.00 bits per heavy atom. The van der Waals surface area contributed by atoms with Gasteiger partial charge in [0.15, 0.2) is 12.4 Å². The second kappa shape index (κ2) is 4.35. The van der Waals surface area contributed by atoms with Crippen molar-refractivity contribution in [3.05, 3.63) is 17.9 Å². The van der Waals surface area contributed by atoms with Crippen LogP contribution in [0.2, 0.25) is 0 Å². The molecule has 1 aliphatic heterocycles. The van der Waals surface area contributed by atoms with E-state index in [-0.39, 0.29) is 18.2 Å². The number of isocyanates is 1. The Labute approximate surface area is 96.5 Å². The molecule has 2 rings (SSSR count). The lowest BCUT2D eigenvalue weighted by Gasteiger charge is -2.28. The molecule has 1 aliphatic rings. The maximum atomic E-state index is 13.5. The minimum atomic E-state index is -0.691. The van der Waals surface area contributed by atoms with Crippen LogP contribution in [0, 0.1) is 5.82 Å². The first-order valence-electron chi connectivity index (χ1n) is 5.02. The van der Waals surface area contributed by atoms with Crippen molar-refractivity contribution < 1.29 is 18.7 Å². The van der Waals surface area contributed by atoms with Crippen molar-refractivity contribution in [3.63, 3.8) is 0 Å². The molecule has 1 aromatic carbocycles. The standard InChI is InChI=1S/C11H9FN2O3/c1-2-14-9-3-7(12)8(13-6-15)4-10(9)17-5-11(14)16/h3-4H,2,5H2,1H3. The molecule has 17 heavy (non-hydrogen) atoms. The molecule has 0 radical (unpaired) electrons. The van der Waals surface area contributed by atoms with E-state index in [1.807, 2.05) is 0 Å². The van der Waals surface area contributed by atoms with E-state index in [2.05, 4.69) is 4.99 Å². The van der Waals surface area contributed by atoms with Crippen molar-refractivity contribution in [2.45, 2.75) is 6.92 Å². The summed E-state index contributed by atoms with van der Waals surface area (Å²) in [6.45, 7) is 2.10. The zero-order valence-electron chi connectivity index (χ0n) is 9.07. The molecule has 0 aliphatic carbocycles. The average Bonchev–Trinajstić information content (AvgIpc) is 2.31. The minimum Gasteiger partial charge on any atom is -0.481 e. The third-order valence-corrected chi connectivity index (χ3v) is 2.45. The average molecular weight is 236 g/mol. The third-order valence-electron chi connectivity index (χ3n) is 2.45. The van der Waals surface area contributed by atoms with E-state index in [1.165, 1.54) is 17.0 Å². The number of carbonyl (C=O) groups is 1. The summed E-state index contributed by atoms with van der Waals surface area (Å²) in [5.41, 5.74) is 0.204. The topological polar surface area (TPSA) is 59.0 Å². The number of fused-ring (bicyclic) bond motifs is 1. The Hall–Kier alpha value is -2.20. The summed E-state index contributed by atoms with van der Waals surface area (Å²) in [6.07, 6.45) is 1.26. The predicted octanol–water partition coefficient (Wildman–Crippen LogP) is 1.54. The number of likely N-dealkylation sites (N-methyl/N-ethyl adjacent to an activating group) is 1. The molecule has 1 aromatic rings. The maximum absolute atomic E-state index is 13.5. The zero-order valence-corrected chi connectivity index (χ0v) is 9.07. The van der Waals surface area contributed by atoms with E-state index in [0.717, 1.165) is 6.07 Å². The van der Waals surface area contributed by atoms with Crippen molar-refractivity contribution in [1.82, 2.24) is 0 Å². The van der Waals surface area contributed by atoms with Crippen LogP contribution >= 0.6 is 0 Å². The van der Waals surface area contributed by atoms with Gasteiger partial charge in [-0.2, -0.15) is 4.99 Å². The Balaban J connectivity index is 2.55. The van der Waals surface area contributed by atoms with Crippen LogP contribution in [-0.4, -0.2) is 25.1 Å². The molecule has 0 spiro atoms. The highest BCUT2D eigenvalue weighted by molar-refractivity contribution is 5.98. The highest BCUT2D eigenvalue weighted by Gasteiger charge is 2.25. The molecule has 0 saturated heterocycles. The Morgan fingerprint density at radius 2 is 2.35 bits per heavy atom. The molecule has 0 aromatic heterocycles. The molecule has 1 amide bonds.